The van der Waals surface area contributed by atoms with Gasteiger partial charge in [0.25, 0.3) is 0 Å². The Morgan fingerprint density at radius 1 is 1.39 bits per heavy atom. The van der Waals surface area contributed by atoms with Crippen molar-refractivity contribution in [3.63, 3.8) is 0 Å². The molecule has 0 aliphatic carbocycles. The second-order valence-electron chi connectivity index (χ2n) is 4.88. The first-order valence-corrected chi connectivity index (χ1v) is 7.14. The van der Waals surface area contributed by atoms with Crippen LogP contribution in [0.15, 0.2) is 22.7 Å². The van der Waals surface area contributed by atoms with Crippen molar-refractivity contribution in [1.82, 2.24) is 4.90 Å². The number of nitrogens with zero attached hydrogens (tertiary/aromatic N) is 1. The Morgan fingerprint density at radius 2 is 2.06 bits per heavy atom. The van der Waals surface area contributed by atoms with Crippen LogP contribution in [-0.2, 0) is 4.79 Å². The lowest BCUT2D eigenvalue weighted by Gasteiger charge is -2.32. The molecule has 1 amide bonds. The highest BCUT2D eigenvalue weighted by Gasteiger charge is 2.20. The number of anilines is 1. The average molecular weight is 311 g/mol. The van der Waals surface area contributed by atoms with Gasteiger partial charge in [-0.1, -0.05) is 22.0 Å². The summed E-state index contributed by atoms with van der Waals surface area (Å²) in [6.07, 6.45) is 2.04. The van der Waals surface area contributed by atoms with Crippen molar-refractivity contribution in [1.29, 1.82) is 0 Å². The number of halogens is 1. The van der Waals surface area contributed by atoms with Crippen LogP contribution in [0.1, 0.15) is 25.3 Å². The van der Waals surface area contributed by atoms with Gasteiger partial charge in [0, 0.05) is 36.2 Å². The highest BCUT2D eigenvalue weighted by Crippen LogP contribution is 2.23. The molecule has 0 atom stereocenters. The van der Waals surface area contributed by atoms with Gasteiger partial charge in [-0.05, 0) is 37.5 Å². The van der Waals surface area contributed by atoms with Gasteiger partial charge in [0.15, 0.2) is 0 Å². The van der Waals surface area contributed by atoms with E-state index >= 15 is 0 Å². The quantitative estimate of drug-likeness (QED) is 0.910. The van der Waals surface area contributed by atoms with Gasteiger partial charge in [0.1, 0.15) is 0 Å². The third-order valence-corrected chi connectivity index (χ3v) is 3.99. The van der Waals surface area contributed by atoms with Crippen molar-refractivity contribution < 1.29 is 4.79 Å². The van der Waals surface area contributed by atoms with E-state index in [0.29, 0.717) is 6.04 Å². The molecule has 1 aliphatic heterocycles. The van der Waals surface area contributed by atoms with E-state index in [0.717, 1.165) is 30.4 Å². The lowest BCUT2D eigenvalue weighted by molar-refractivity contribution is -0.129. The molecule has 0 spiro atoms. The van der Waals surface area contributed by atoms with Crippen molar-refractivity contribution in [2.24, 2.45) is 0 Å². The normalized spacial score (nSPS) is 16.7. The molecule has 1 N–H and O–H groups in total. The molecule has 0 unspecified atom stereocenters. The fraction of sp³-hybridized carbons (Fsp3) is 0.500. The third kappa shape index (κ3) is 3.25. The number of rotatable bonds is 2. The number of hydrogen-bond acceptors (Lipinski definition) is 2. The van der Waals surface area contributed by atoms with Gasteiger partial charge < -0.3 is 10.2 Å². The first-order valence-electron chi connectivity index (χ1n) is 6.34. The summed E-state index contributed by atoms with van der Waals surface area (Å²) < 4.78 is 1.09. The Kier molecular flexibility index (Phi) is 4.27. The van der Waals surface area contributed by atoms with Crippen LogP contribution in [0.4, 0.5) is 5.69 Å². The van der Waals surface area contributed by atoms with Gasteiger partial charge >= 0.3 is 0 Å². The first-order chi connectivity index (χ1) is 8.56. The molecule has 1 aromatic carbocycles. The number of amides is 1. The molecule has 1 heterocycles. The molecule has 0 saturated carbocycles. The Balaban J connectivity index is 1.95. The van der Waals surface area contributed by atoms with Gasteiger partial charge in [0.2, 0.25) is 5.91 Å². The maximum Gasteiger partial charge on any atom is 0.219 e. The monoisotopic (exact) mass is 310 g/mol. The summed E-state index contributed by atoms with van der Waals surface area (Å²) in [6.45, 7) is 5.48. The van der Waals surface area contributed by atoms with Crippen LogP contribution < -0.4 is 5.32 Å². The number of hydrogen-bond donors (Lipinski definition) is 1. The van der Waals surface area contributed by atoms with Gasteiger partial charge in [0.05, 0.1) is 0 Å². The van der Waals surface area contributed by atoms with Crippen LogP contribution in [0, 0.1) is 6.92 Å². The van der Waals surface area contributed by atoms with E-state index in [1.165, 1.54) is 11.3 Å². The minimum Gasteiger partial charge on any atom is -0.382 e. The highest BCUT2D eigenvalue weighted by atomic mass is 79.9. The van der Waals surface area contributed by atoms with E-state index in [9.17, 15) is 4.79 Å². The van der Waals surface area contributed by atoms with E-state index in [1.807, 2.05) is 4.90 Å². The average Bonchev–Trinajstić information content (AvgIpc) is 2.34. The zero-order valence-corrected chi connectivity index (χ0v) is 12.5. The Morgan fingerprint density at radius 3 is 2.67 bits per heavy atom. The Labute approximate surface area is 117 Å². The number of aryl methyl sites for hydroxylation is 1. The van der Waals surface area contributed by atoms with Crippen LogP contribution in [-0.4, -0.2) is 29.9 Å². The number of carbonyl (C=O) groups excluding carboxylic acids is 1. The minimum absolute atomic E-state index is 0.187. The molecule has 18 heavy (non-hydrogen) atoms. The fourth-order valence-corrected chi connectivity index (χ4v) is 2.67. The zero-order chi connectivity index (χ0) is 13.1. The molecule has 0 bridgehead atoms. The van der Waals surface area contributed by atoms with Crippen molar-refractivity contribution >= 4 is 27.5 Å². The summed E-state index contributed by atoms with van der Waals surface area (Å²) in [5, 5.41) is 3.58. The Bertz CT molecular complexity index is 439. The van der Waals surface area contributed by atoms with Gasteiger partial charge in [-0.25, -0.2) is 0 Å². The number of piperidine rings is 1. The van der Waals surface area contributed by atoms with Crippen molar-refractivity contribution in [3.8, 4) is 0 Å². The van der Waals surface area contributed by atoms with Crippen LogP contribution in [0.3, 0.4) is 0 Å². The lowest BCUT2D eigenvalue weighted by Crippen LogP contribution is -2.41. The maximum absolute atomic E-state index is 11.3. The van der Waals surface area contributed by atoms with Crippen molar-refractivity contribution in [2.75, 3.05) is 18.4 Å². The molecule has 1 saturated heterocycles. The summed E-state index contributed by atoms with van der Waals surface area (Å²) in [7, 11) is 0. The summed E-state index contributed by atoms with van der Waals surface area (Å²) in [5.41, 5.74) is 2.44. The van der Waals surface area contributed by atoms with Gasteiger partial charge in [-0.3, -0.25) is 4.79 Å². The second kappa shape index (κ2) is 5.74. The number of likely N-dealkylation sites (tertiary alicyclic amines) is 1. The van der Waals surface area contributed by atoms with E-state index in [1.54, 1.807) is 6.92 Å². The lowest BCUT2D eigenvalue weighted by atomic mass is 10.0. The predicted molar refractivity (Wildman–Crippen MR) is 77.8 cm³/mol. The molecule has 4 heteroatoms. The summed E-state index contributed by atoms with van der Waals surface area (Å²) in [5.74, 6) is 0.187. The van der Waals surface area contributed by atoms with Gasteiger partial charge in [-0.15, -0.1) is 0 Å². The van der Waals surface area contributed by atoms with Crippen molar-refractivity contribution in [2.45, 2.75) is 32.7 Å². The summed E-state index contributed by atoms with van der Waals surface area (Å²) in [6, 6.07) is 6.75. The largest absolute Gasteiger partial charge is 0.382 e. The Hall–Kier alpha value is -1.03. The number of carbonyl (C=O) groups is 1. The van der Waals surface area contributed by atoms with Crippen LogP contribution >= 0.6 is 15.9 Å². The van der Waals surface area contributed by atoms with Crippen LogP contribution in [0.5, 0.6) is 0 Å². The fourth-order valence-electron chi connectivity index (χ4n) is 2.31. The van der Waals surface area contributed by atoms with Gasteiger partial charge in [-0.2, -0.15) is 0 Å². The van der Waals surface area contributed by atoms with E-state index in [-0.39, 0.29) is 5.91 Å². The minimum atomic E-state index is 0.187. The predicted octanol–water partition coefficient (Wildman–Crippen LogP) is 3.18. The molecule has 3 nitrogen and oxygen atoms in total. The standard InChI is InChI=1S/C14H19BrN2O/c1-10-3-4-12(15)9-14(10)16-13-5-7-17(8-6-13)11(2)18/h3-4,9,13,16H,5-8H2,1-2H3. The molecular weight excluding hydrogens is 292 g/mol. The number of nitrogens with one attached hydrogen (secondary N) is 1. The van der Waals surface area contributed by atoms with Crippen LogP contribution in [0.25, 0.3) is 0 Å². The SMILES string of the molecule is CC(=O)N1CCC(Nc2cc(Br)ccc2C)CC1. The zero-order valence-electron chi connectivity index (χ0n) is 10.9. The van der Waals surface area contributed by atoms with Crippen molar-refractivity contribution in [3.05, 3.63) is 28.2 Å². The van der Waals surface area contributed by atoms with E-state index in [4.69, 9.17) is 0 Å². The first kappa shape index (κ1) is 13.4. The van der Waals surface area contributed by atoms with E-state index < -0.39 is 0 Å². The van der Waals surface area contributed by atoms with Crippen LogP contribution in [0.2, 0.25) is 0 Å². The summed E-state index contributed by atoms with van der Waals surface area (Å²) >= 11 is 3.50. The molecule has 1 fully saturated rings. The molecule has 0 aromatic heterocycles. The number of benzene rings is 1. The molecule has 1 aromatic rings. The summed E-state index contributed by atoms with van der Waals surface area (Å²) in [4.78, 5) is 13.2. The smallest absolute Gasteiger partial charge is 0.219 e. The topological polar surface area (TPSA) is 32.3 Å². The maximum atomic E-state index is 11.3. The molecule has 98 valence electrons. The molecule has 2 rings (SSSR count). The molecular formula is C14H19BrN2O. The molecule has 0 radical (unpaired) electrons. The third-order valence-electron chi connectivity index (χ3n) is 3.50. The van der Waals surface area contributed by atoms with E-state index in [2.05, 4.69) is 46.4 Å². The molecule has 1 aliphatic rings. The highest BCUT2D eigenvalue weighted by molar-refractivity contribution is 9.10. The second-order valence-corrected chi connectivity index (χ2v) is 5.80.